The van der Waals surface area contributed by atoms with E-state index in [0.717, 1.165) is 5.56 Å². The summed E-state index contributed by atoms with van der Waals surface area (Å²) in [7, 11) is 0. The van der Waals surface area contributed by atoms with Crippen LogP contribution in [0.1, 0.15) is 16.7 Å². The van der Waals surface area contributed by atoms with Crippen LogP contribution in [0.25, 0.3) is 0 Å². The molecule has 5 nitrogen and oxygen atoms in total. The molecule has 1 atom stereocenters. The lowest BCUT2D eigenvalue weighted by molar-refractivity contribution is -0.210. The number of fused-ring (bicyclic) bond motifs is 1. The molecule has 114 valence electrons. The number of ether oxygens (including phenoxy) is 1. The van der Waals surface area contributed by atoms with Crippen molar-refractivity contribution < 1.29 is 19.7 Å². The van der Waals surface area contributed by atoms with Gasteiger partial charge in [0.2, 0.25) is 0 Å². The summed E-state index contributed by atoms with van der Waals surface area (Å²) in [5.41, 5.74) is 1.96. The minimum Gasteiger partial charge on any atom is -0.460 e. The van der Waals surface area contributed by atoms with Crippen LogP contribution >= 0.6 is 0 Å². The molecule has 3 rings (SSSR count). The predicted octanol–water partition coefficient (Wildman–Crippen LogP) is 1.04. The summed E-state index contributed by atoms with van der Waals surface area (Å²) >= 11 is 0. The van der Waals surface area contributed by atoms with Gasteiger partial charge in [-0.1, -0.05) is 54.6 Å². The van der Waals surface area contributed by atoms with Gasteiger partial charge in [-0.2, -0.15) is 0 Å². The minimum atomic E-state index is -2.23. The van der Waals surface area contributed by atoms with Crippen molar-refractivity contribution in [3.63, 3.8) is 0 Å². The number of carbonyl (C=O) groups is 1. The Labute approximate surface area is 128 Å². The molecule has 2 aromatic carbocycles. The molecule has 1 aliphatic heterocycles. The molecule has 0 amide bonds. The van der Waals surface area contributed by atoms with Crippen molar-refractivity contribution in [2.45, 2.75) is 25.0 Å². The molecule has 5 heteroatoms. The van der Waals surface area contributed by atoms with Crippen molar-refractivity contribution >= 4 is 5.97 Å². The number of aliphatic hydroxyl groups is 2. The van der Waals surface area contributed by atoms with E-state index in [4.69, 9.17) is 4.74 Å². The van der Waals surface area contributed by atoms with Crippen molar-refractivity contribution in [1.82, 2.24) is 5.32 Å². The summed E-state index contributed by atoms with van der Waals surface area (Å²) in [5, 5.41) is 22.7. The Bertz CT molecular complexity index is 669. The second-order valence-corrected chi connectivity index (χ2v) is 5.32. The molecule has 0 spiro atoms. The van der Waals surface area contributed by atoms with Crippen molar-refractivity contribution in [1.29, 1.82) is 0 Å². The van der Waals surface area contributed by atoms with Gasteiger partial charge in [-0.15, -0.1) is 0 Å². The molecule has 1 heterocycles. The highest BCUT2D eigenvalue weighted by atomic mass is 16.5. The van der Waals surface area contributed by atoms with E-state index in [2.05, 4.69) is 5.32 Å². The van der Waals surface area contributed by atoms with E-state index in [1.54, 1.807) is 24.3 Å². The van der Waals surface area contributed by atoms with Crippen LogP contribution in [0.5, 0.6) is 0 Å². The Balaban J connectivity index is 1.70. The zero-order valence-electron chi connectivity index (χ0n) is 11.9. The number of esters is 1. The van der Waals surface area contributed by atoms with Gasteiger partial charge in [0.1, 0.15) is 12.6 Å². The van der Waals surface area contributed by atoms with E-state index < -0.39 is 17.9 Å². The smallest absolute Gasteiger partial charge is 0.323 e. The molecule has 0 aliphatic carbocycles. The summed E-state index contributed by atoms with van der Waals surface area (Å²) in [6.07, 6.45) is 0.354. The van der Waals surface area contributed by atoms with Gasteiger partial charge >= 0.3 is 5.97 Å². The lowest BCUT2D eigenvalue weighted by Gasteiger charge is -2.34. The van der Waals surface area contributed by atoms with Gasteiger partial charge in [-0.3, -0.25) is 4.79 Å². The first-order valence-corrected chi connectivity index (χ1v) is 7.07. The maximum Gasteiger partial charge on any atom is 0.323 e. The Hall–Kier alpha value is -2.21. The molecule has 0 saturated carbocycles. The van der Waals surface area contributed by atoms with Crippen LogP contribution in [-0.4, -0.2) is 22.2 Å². The fraction of sp³-hybridized carbons (Fsp3) is 0.235. The fourth-order valence-electron chi connectivity index (χ4n) is 2.60. The SMILES string of the molecule is O=C(OCc1ccccc1)C1Cc2ccccc2C(O)(O)N1. The van der Waals surface area contributed by atoms with E-state index in [1.165, 1.54) is 0 Å². The van der Waals surface area contributed by atoms with Crippen LogP contribution in [0.4, 0.5) is 0 Å². The zero-order valence-corrected chi connectivity index (χ0v) is 11.9. The Morgan fingerprint density at radius 3 is 2.59 bits per heavy atom. The Morgan fingerprint density at radius 2 is 1.82 bits per heavy atom. The summed E-state index contributed by atoms with van der Waals surface area (Å²) in [6.45, 7) is 0.156. The van der Waals surface area contributed by atoms with Crippen LogP contribution in [0.2, 0.25) is 0 Å². The van der Waals surface area contributed by atoms with Gasteiger partial charge < -0.3 is 14.9 Å². The molecule has 0 saturated heterocycles. The van der Waals surface area contributed by atoms with Crippen LogP contribution in [0.15, 0.2) is 54.6 Å². The fourth-order valence-corrected chi connectivity index (χ4v) is 2.60. The maximum atomic E-state index is 12.2. The first-order valence-electron chi connectivity index (χ1n) is 7.07. The van der Waals surface area contributed by atoms with Crippen LogP contribution in [-0.2, 0) is 28.5 Å². The zero-order chi connectivity index (χ0) is 15.6. The summed E-state index contributed by atoms with van der Waals surface area (Å²) in [4.78, 5) is 12.2. The second kappa shape index (κ2) is 5.88. The van der Waals surface area contributed by atoms with Crippen LogP contribution in [0.3, 0.4) is 0 Å². The van der Waals surface area contributed by atoms with E-state index in [9.17, 15) is 15.0 Å². The van der Waals surface area contributed by atoms with E-state index in [-0.39, 0.29) is 6.61 Å². The highest BCUT2D eigenvalue weighted by molar-refractivity contribution is 5.77. The first kappa shape index (κ1) is 14.7. The van der Waals surface area contributed by atoms with Gasteiger partial charge in [0.15, 0.2) is 0 Å². The minimum absolute atomic E-state index is 0.156. The van der Waals surface area contributed by atoms with Crippen molar-refractivity contribution in [2.24, 2.45) is 0 Å². The third-order valence-electron chi connectivity index (χ3n) is 3.70. The van der Waals surface area contributed by atoms with Gasteiger partial charge in [-0.05, 0) is 17.5 Å². The number of benzene rings is 2. The highest BCUT2D eigenvalue weighted by Crippen LogP contribution is 2.27. The number of hydrogen-bond acceptors (Lipinski definition) is 5. The van der Waals surface area contributed by atoms with Gasteiger partial charge in [-0.25, -0.2) is 5.32 Å². The quantitative estimate of drug-likeness (QED) is 0.583. The molecule has 0 fully saturated rings. The first-order chi connectivity index (χ1) is 10.6. The van der Waals surface area contributed by atoms with Crippen molar-refractivity contribution in [2.75, 3.05) is 0 Å². The number of nitrogens with one attached hydrogen (secondary N) is 1. The third-order valence-corrected chi connectivity index (χ3v) is 3.70. The summed E-state index contributed by atoms with van der Waals surface area (Å²) in [6, 6.07) is 15.4. The van der Waals surface area contributed by atoms with E-state index in [1.807, 2.05) is 30.3 Å². The van der Waals surface area contributed by atoms with Gasteiger partial charge in [0.25, 0.3) is 5.91 Å². The third kappa shape index (κ3) is 3.01. The van der Waals surface area contributed by atoms with Gasteiger partial charge in [0, 0.05) is 5.56 Å². The van der Waals surface area contributed by atoms with E-state index >= 15 is 0 Å². The second-order valence-electron chi connectivity index (χ2n) is 5.32. The largest absolute Gasteiger partial charge is 0.460 e. The average Bonchev–Trinajstić information content (AvgIpc) is 2.53. The Morgan fingerprint density at radius 1 is 1.14 bits per heavy atom. The molecule has 1 unspecified atom stereocenters. The molecular weight excluding hydrogens is 282 g/mol. The van der Waals surface area contributed by atoms with Gasteiger partial charge in [0.05, 0.1) is 0 Å². The van der Waals surface area contributed by atoms with Crippen molar-refractivity contribution in [3.8, 4) is 0 Å². The molecule has 0 bridgehead atoms. The molecule has 0 aromatic heterocycles. The van der Waals surface area contributed by atoms with E-state index in [0.29, 0.717) is 17.5 Å². The van der Waals surface area contributed by atoms with Crippen LogP contribution < -0.4 is 5.32 Å². The standard InChI is InChI=1S/C17H17NO4/c19-16(22-11-12-6-2-1-3-7-12)15-10-13-8-4-5-9-14(13)17(20,21)18-15/h1-9,15,18,20-21H,10-11H2. The number of carbonyl (C=O) groups excluding carboxylic acids is 1. The monoisotopic (exact) mass is 299 g/mol. The number of rotatable bonds is 3. The normalized spacial score (nSPS) is 19.3. The molecule has 3 N–H and O–H groups in total. The average molecular weight is 299 g/mol. The molecule has 22 heavy (non-hydrogen) atoms. The highest BCUT2D eigenvalue weighted by Gasteiger charge is 2.39. The molecule has 2 aromatic rings. The van der Waals surface area contributed by atoms with Crippen LogP contribution in [0, 0.1) is 0 Å². The maximum absolute atomic E-state index is 12.2. The predicted molar refractivity (Wildman–Crippen MR) is 79.4 cm³/mol. The lowest BCUT2D eigenvalue weighted by atomic mass is 9.93. The molecule has 0 radical (unpaired) electrons. The van der Waals surface area contributed by atoms with Crippen molar-refractivity contribution in [3.05, 3.63) is 71.3 Å². The summed E-state index contributed by atoms with van der Waals surface area (Å²) in [5.74, 6) is -2.74. The summed E-state index contributed by atoms with van der Waals surface area (Å²) < 4.78 is 5.25. The number of hydrogen-bond donors (Lipinski definition) is 3. The lowest BCUT2D eigenvalue weighted by Crippen LogP contribution is -2.56. The topological polar surface area (TPSA) is 78.8 Å². The Kier molecular flexibility index (Phi) is 3.94. The molecule has 1 aliphatic rings. The molecular formula is C17H17NO4.